The van der Waals surface area contributed by atoms with Crippen LogP contribution >= 0.6 is 11.6 Å². The summed E-state index contributed by atoms with van der Waals surface area (Å²) in [6.45, 7) is 4.68. The average molecular weight is 293 g/mol. The van der Waals surface area contributed by atoms with Gasteiger partial charge in [0.1, 0.15) is 0 Å². The quantitative estimate of drug-likeness (QED) is 0.920. The molecule has 1 aromatic heterocycles. The average Bonchev–Trinajstić information content (AvgIpc) is 2.91. The molecule has 1 amide bonds. The van der Waals surface area contributed by atoms with Gasteiger partial charge in [-0.2, -0.15) is 0 Å². The number of carbonyl (C=O) groups is 1. The molecular formula is C14H17ClN4O. The predicted octanol–water partition coefficient (Wildman–Crippen LogP) is 2.39. The summed E-state index contributed by atoms with van der Waals surface area (Å²) in [5.41, 5.74) is 0.485. The Kier molecular flexibility index (Phi) is 4.74. The number of rotatable bonds is 5. The number of amides is 1. The van der Waals surface area contributed by atoms with E-state index in [-0.39, 0.29) is 17.9 Å². The van der Waals surface area contributed by atoms with Gasteiger partial charge in [0.15, 0.2) is 0 Å². The molecule has 0 aliphatic heterocycles. The first-order valence-corrected chi connectivity index (χ1v) is 6.85. The molecule has 2 rings (SSSR count). The summed E-state index contributed by atoms with van der Waals surface area (Å²) >= 11 is 6.04. The molecule has 2 aromatic rings. The number of hydrogen-bond donors (Lipinski definition) is 1. The number of halogens is 1. The van der Waals surface area contributed by atoms with Crippen molar-refractivity contribution < 1.29 is 4.79 Å². The lowest BCUT2D eigenvalue weighted by Crippen LogP contribution is -2.41. The lowest BCUT2D eigenvalue weighted by Gasteiger charge is -2.22. The zero-order valence-electron chi connectivity index (χ0n) is 11.5. The van der Waals surface area contributed by atoms with Crippen LogP contribution in [0.25, 0.3) is 0 Å². The van der Waals surface area contributed by atoms with E-state index in [1.807, 2.05) is 0 Å². The molecule has 1 heterocycles. The summed E-state index contributed by atoms with van der Waals surface area (Å²) in [5.74, 6) is 0.0973. The second-order valence-electron chi connectivity index (χ2n) is 4.93. The van der Waals surface area contributed by atoms with E-state index >= 15 is 0 Å². The maximum atomic E-state index is 12.3. The highest BCUT2D eigenvalue weighted by Gasteiger charge is 2.19. The van der Waals surface area contributed by atoms with Gasteiger partial charge in [0.2, 0.25) is 0 Å². The second kappa shape index (κ2) is 6.52. The summed E-state index contributed by atoms with van der Waals surface area (Å²) < 4.78 is 1.71. The first-order chi connectivity index (χ1) is 9.58. The van der Waals surface area contributed by atoms with E-state index in [9.17, 15) is 4.79 Å². The fourth-order valence-electron chi connectivity index (χ4n) is 1.85. The summed E-state index contributed by atoms with van der Waals surface area (Å²) in [6.07, 6.45) is 3.39. The first-order valence-electron chi connectivity index (χ1n) is 6.47. The van der Waals surface area contributed by atoms with E-state index in [0.29, 0.717) is 17.1 Å². The van der Waals surface area contributed by atoms with E-state index in [4.69, 9.17) is 11.6 Å². The molecule has 6 heteroatoms. The molecular weight excluding hydrogens is 276 g/mol. The third-order valence-corrected chi connectivity index (χ3v) is 3.42. The van der Waals surface area contributed by atoms with Gasteiger partial charge in [0.05, 0.1) is 29.4 Å². The van der Waals surface area contributed by atoms with Crippen molar-refractivity contribution >= 4 is 17.5 Å². The summed E-state index contributed by atoms with van der Waals surface area (Å²) in [7, 11) is 0. The van der Waals surface area contributed by atoms with Crippen molar-refractivity contribution in [3.05, 3.63) is 47.2 Å². The minimum Gasteiger partial charge on any atom is -0.347 e. The Morgan fingerprint density at radius 2 is 2.15 bits per heavy atom. The predicted molar refractivity (Wildman–Crippen MR) is 77.6 cm³/mol. The van der Waals surface area contributed by atoms with Crippen LogP contribution in [0.1, 0.15) is 24.2 Å². The van der Waals surface area contributed by atoms with Gasteiger partial charge in [-0.25, -0.2) is 0 Å². The highest BCUT2D eigenvalue weighted by molar-refractivity contribution is 6.33. The molecule has 1 aromatic carbocycles. The highest BCUT2D eigenvalue weighted by atomic mass is 35.5. The molecule has 0 saturated heterocycles. The van der Waals surface area contributed by atoms with Crippen molar-refractivity contribution in [2.75, 3.05) is 0 Å². The topological polar surface area (TPSA) is 59.8 Å². The molecule has 0 saturated carbocycles. The van der Waals surface area contributed by atoms with Crippen LogP contribution in [0, 0.1) is 5.92 Å². The summed E-state index contributed by atoms with van der Waals surface area (Å²) in [4.78, 5) is 12.3. The molecule has 0 aliphatic rings. The van der Waals surface area contributed by atoms with Gasteiger partial charge in [-0.15, -0.1) is 5.10 Å². The Bertz CT molecular complexity index is 568. The van der Waals surface area contributed by atoms with Gasteiger partial charge in [-0.1, -0.05) is 42.8 Å². The molecule has 0 spiro atoms. The van der Waals surface area contributed by atoms with Crippen molar-refractivity contribution in [1.82, 2.24) is 20.3 Å². The fourth-order valence-corrected chi connectivity index (χ4v) is 2.07. The van der Waals surface area contributed by atoms with Crippen molar-refractivity contribution in [2.45, 2.75) is 26.4 Å². The minimum absolute atomic E-state index is 0.0412. The van der Waals surface area contributed by atoms with Gasteiger partial charge in [-0.3, -0.25) is 9.48 Å². The molecule has 0 bridgehead atoms. The Hall–Kier alpha value is -1.88. The van der Waals surface area contributed by atoms with Gasteiger partial charge in [0.25, 0.3) is 5.91 Å². The number of nitrogens with one attached hydrogen (secondary N) is 1. The number of hydrogen-bond acceptors (Lipinski definition) is 3. The van der Waals surface area contributed by atoms with Crippen molar-refractivity contribution in [3.8, 4) is 0 Å². The van der Waals surface area contributed by atoms with E-state index in [1.54, 1.807) is 41.3 Å². The van der Waals surface area contributed by atoms with E-state index in [2.05, 4.69) is 29.5 Å². The molecule has 5 nitrogen and oxygen atoms in total. The first kappa shape index (κ1) is 14.5. The number of aromatic nitrogens is 3. The lowest BCUT2D eigenvalue weighted by atomic mass is 10.0. The van der Waals surface area contributed by atoms with Crippen molar-refractivity contribution in [2.24, 2.45) is 5.92 Å². The SMILES string of the molecule is CC(C)[C@@H](Cn1ccnn1)NC(=O)c1ccccc1Cl. The molecule has 0 radical (unpaired) electrons. The molecule has 0 aliphatic carbocycles. The van der Waals surface area contributed by atoms with Crippen LogP contribution < -0.4 is 5.32 Å². The molecule has 20 heavy (non-hydrogen) atoms. The molecule has 1 atom stereocenters. The summed E-state index contributed by atoms with van der Waals surface area (Å²) in [6, 6.07) is 6.97. The zero-order valence-corrected chi connectivity index (χ0v) is 12.2. The van der Waals surface area contributed by atoms with Crippen LogP contribution in [0.15, 0.2) is 36.7 Å². The number of benzene rings is 1. The maximum Gasteiger partial charge on any atom is 0.253 e. The normalized spacial score (nSPS) is 12.4. The van der Waals surface area contributed by atoms with Crippen molar-refractivity contribution in [1.29, 1.82) is 0 Å². The number of carbonyl (C=O) groups excluding carboxylic acids is 1. The smallest absolute Gasteiger partial charge is 0.253 e. The Balaban J connectivity index is 2.08. The maximum absolute atomic E-state index is 12.3. The zero-order chi connectivity index (χ0) is 14.5. The van der Waals surface area contributed by atoms with E-state index in [0.717, 1.165) is 0 Å². The van der Waals surface area contributed by atoms with Gasteiger partial charge >= 0.3 is 0 Å². The number of nitrogens with zero attached hydrogens (tertiary/aromatic N) is 3. The van der Waals surface area contributed by atoms with Gasteiger partial charge in [-0.05, 0) is 18.1 Å². The van der Waals surface area contributed by atoms with Gasteiger partial charge < -0.3 is 5.32 Å². The third kappa shape index (κ3) is 3.57. The van der Waals surface area contributed by atoms with Crippen LogP contribution in [-0.2, 0) is 6.54 Å². The minimum atomic E-state index is -0.172. The molecule has 1 N–H and O–H groups in total. The molecule has 0 unspecified atom stereocenters. The Labute approximate surface area is 122 Å². The third-order valence-electron chi connectivity index (χ3n) is 3.10. The van der Waals surface area contributed by atoms with Crippen LogP contribution in [0.2, 0.25) is 5.02 Å². The molecule has 106 valence electrons. The van der Waals surface area contributed by atoms with Gasteiger partial charge in [0, 0.05) is 6.20 Å². The lowest BCUT2D eigenvalue weighted by molar-refractivity contribution is 0.0919. The van der Waals surface area contributed by atoms with Crippen LogP contribution in [0.5, 0.6) is 0 Å². The molecule has 0 fully saturated rings. The Morgan fingerprint density at radius 3 is 2.75 bits per heavy atom. The second-order valence-corrected chi connectivity index (χ2v) is 5.34. The largest absolute Gasteiger partial charge is 0.347 e. The fraction of sp³-hybridized carbons (Fsp3) is 0.357. The van der Waals surface area contributed by atoms with Crippen molar-refractivity contribution in [3.63, 3.8) is 0 Å². The van der Waals surface area contributed by atoms with E-state index < -0.39 is 0 Å². The van der Waals surface area contributed by atoms with E-state index in [1.165, 1.54) is 0 Å². The monoisotopic (exact) mass is 292 g/mol. The van der Waals surface area contributed by atoms with Crippen LogP contribution in [0.3, 0.4) is 0 Å². The van der Waals surface area contributed by atoms with Crippen LogP contribution in [-0.4, -0.2) is 26.9 Å². The highest BCUT2D eigenvalue weighted by Crippen LogP contribution is 2.15. The van der Waals surface area contributed by atoms with Crippen LogP contribution in [0.4, 0.5) is 0 Å². The summed E-state index contributed by atoms with van der Waals surface area (Å²) in [5, 5.41) is 11.1. The standard InChI is InChI=1S/C14H17ClN4O/c1-10(2)13(9-19-8-7-16-18-19)17-14(20)11-5-3-4-6-12(11)15/h3-8,10,13H,9H2,1-2H3,(H,17,20)/t13-/m1/s1. The Morgan fingerprint density at radius 1 is 1.40 bits per heavy atom.